The number of imidazole rings is 1. The number of amides is 1. The maximum Gasteiger partial charge on any atom is 0.335 e. The van der Waals surface area contributed by atoms with Gasteiger partial charge in [0, 0.05) is 31.2 Å². The van der Waals surface area contributed by atoms with E-state index in [0.29, 0.717) is 39.5 Å². The number of halogens is 1. The van der Waals surface area contributed by atoms with Crippen molar-refractivity contribution in [3.05, 3.63) is 61.8 Å². The van der Waals surface area contributed by atoms with Gasteiger partial charge < -0.3 is 15.3 Å². The molecular weight excluding hydrogens is 474 g/mol. The van der Waals surface area contributed by atoms with E-state index in [2.05, 4.69) is 29.1 Å². The normalized spacial score (nSPS) is 17.7. The van der Waals surface area contributed by atoms with Crippen molar-refractivity contribution in [1.82, 2.24) is 14.5 Å². The molecule has 1 amide bonds. The lowest BCUT2D eigenvalue weighted by atomic mass is 10.1. The third kappa shape index (κ3) is 3.92. The molecule has 10 heteroatoms. The van der Waals surface area contributed by atoms with Gasteiger partial charge in [0.25, 0.3) is 5.91 Å². The molecule has 0 fully saturated rings. The van der Waals surface area contributed by atoms with Crippen LogP contribution in [0.5, 0.6) is 5.88 Å². The number of nitrogens with zero attached hydrogens (tertiary/aromatic N) is 4. The number of aliphatic imine (C=N–C) groups is 1. The molecule has 1 atom stereocenters. The molecule has 4 heterocycles. The number of benzene rings is 1. The van der Waals surface area contributed by atoms with Gasteiger partial charge in [-0.15, -0.1) is 11.3 Å². The number of aromatic nitrogens is 2. The van der Waals surface area contributed by atoms with E-state index in [1.807, 2.05) is 24.3 Å². The van der Waals surface area contributed by atoms with Crippen LogP contribution in [0.1, 0.15) is 48.1 Å². The molecule has 0 bridgehead atoms. The van der Waals surface area contributed by atoms with Gasteiger partial charge in [-0.25, -0.2) is 9.36 Å². The topological polar surface area (TPSA) is 91.9 Å². The molecule has 2 aromatic heterocycles. The van der Waals surface area contributed by atoms with Crippen molar-refractivity contribution in [2.45, 2.75) is 39.3 Å². The quantitative estimate of drug-likeness (QED) is 0.550. The average molecular weight is 500 g/mol. The second-order valence-electron chi connectivity index (χ2n) is 8.81. The summed E-state index contributed by atoms with van der Waals surface area (Å²) < 4.78 is 3.36. The van der Waals surface area contributed by atoms with Crippen LogP contribution >= 0.6 is 22.9 Å². The Kier molecular flexibility index (Phi) is 5.99. The van der Waals surface area contributed by atoms with Crippen molar-refractivity contribution < 1.29 is 9.90 Å². The summed E-state index contributed by atoms with van der Waals surface area (Å²) in [6.07, 6.45) is 1.53. The van der Waals surface area contributed by atoms with E-state index in [1.165, 1.54) is 20.5 Å². The van der Waals surface area contributed by atoms with Crippen molar-refractivity contribution >= 4 is 40.4 Å². The van der Waals surface area contributed by atoms with Crippen LogP contribution in [-0.4, -0.2) is 39.1 Å². The average Bonchev–Trinajstić information content (AvgIpc) is 3.51. The fourth-order valence-electron chi connectivity index (χ4n) is 4.70. The van der Waals surface area contributed by atoms with Gasteiger partial charge in [-0.05, 0) is 49.2 Å². The smallest absolute Gasteiger partial charge is 0.335 e. The van der Waals surface area contributed by atoms with E-state index in [4.69, 9.17) is 11.6 Å². The van der Waals surface area contributed by atoms with Crippen LogP contribution in [0.4, 0.5) is 5.69 Å². The summed E-state index contributed by atoms with van der Waals surface area (Å²) in [6, 6.07) is 10.4. The second-order valence-corrected chi connectivity index (χ2v) is 10.5. The predicted molar refractivity (Wildman–Crippen MR) is 135 cm³/mol. The zero-order valence-corrected chi connectivity index (χ0v) is 20.6. The molecule has 34 heavy (non-hydrogen) atoms. The zero-order chi connectivity index (χ0) is 24.0. The van der Waals surface area contributed by atoms with Crippen LogP contribution in [0, 0.1) is 5.92 Å². The van der Waals surface area contributed by atoms with Crippen molar-refractivity contribution in [3.63, 3.8) is 0 Å². The Morgan fingerprint density at radius 1 is 1.18 bits per heavy atom. The standard InChI is InChI=1S/C24H26ClN5O3S/c1-14(2)21-26-11-3-12-28(21)15-4-6-16(7-5-15)30-23(32)20-17(10-13-29(20)24(30)33)27-22(31)18-8-9-19(25)34-18/h4-9,14,17,32H,3,10-13H2,1-2H3,(H,27,31)/t17-/m1/s1. The molecule has 0 radical (unpaired) electrons. The molecule has 5 rings (SSSR count). The Hall–Kier alpha value is -3.04. The van der Waals surface area contributed by atoms with Crippen LogP contribution in [0.15, 0.2) is 46.2 Å². The third-order valence-electron chi connectivity index (χ3n) is 6.25. The molecule has 178 valence electrons. The lowest BCUT2D eigenvalue weighted by Crippen LogP contribution is -2.38. The largest absolute Gasteiger partial charge is 0.493 e. The number of rotatable bonds is 5. The number of aromatic hydroxyl groups is 1. The monoisotopic (exact) mass is 499 g/mol. The van der Waals surface area contributed by atoms with Gasteiger partial charge >= 0.3 is 5.69 Å². The van der Waals surface area contributed by atoms with Gasteiger partial charge in [0.1, 0.15) is 11.5 Å². The predicted octanol–water partition coefficient (Wildman–Crippen LogP) is 4.20. The third-order valence-corrected chi connectivity index (χ3v) is 7.48. The van der Waals surface area contributed by atoms with Crippen molar-refractivity contribution in [1.29, 1.82) is 0 Å². The van der Waals surface area contributed by atoms with Gasteiger partial charge in [-0.2, -0.15) is 0 Å². The van der Waals surface area contributed by atoms with E-state index in [9.17, 15) is 14.7 Å². The number of carbonyl (C=O) groups is 1. The maximum absolute atomic E-state index is 13.1. The van der Waals surface area contributed by atoms with Crippen molar-refractivity contribution in [2.75, 3.05) is 18.0 Å². The summed E-state index contributed by atoms with van der Waals surface area (Å²) in [5, 5.41) is 13.9. The van der Waals surface area contributed by atoms with Crippen LogP contribution in [0.3, 0.4) is 0 Å². The molecule has 2 aliphatic rings. The molecule has 3 aromatic rings. The highest BCUT2D eigenvalue weighted by Crippen LogP contribution is 2.34. The Labute approximate surface area is 206 Å². The number of hydrogen-bond acceptors (Lipinski definition) is 6. The number of nitrogens with one attached hydrogen (secondary N) is 1. The van der Waals surface area contributed by atoms with E-state index in [1.54, 1.807) is 12.1 Å². The minimum absolute atomic E-state index is 0.146. The summed E-state index contributed by atoms with van der Waals surface area (Å²) in [5.41, 5.74) is 1.69. The van der Waals surface area contributed by atoms with Gasteiger partial charge in [-0.1, -0.05) is 25.4 Å². The second kappa shape index (κ2) is 8.96. The Morgan fingerprint density at radius 3 is 2.59 bits per heavy atom. The first-order valence-electron chi connectivity index (χ1n) is 11.4. The number of thiophene rings is 1. The summed E-state index contributed by atoms with van der Waals surface area (Å²) in [7, 11) is 0. The number of fused-ring (bicyclic) bond motifs is 1. The highest BCUT2D eigenvalue weighted by Gasteiger charge is 2.33. The number of hydrogen-bond donors (Lipinski definition) is 2. The Bertz CT molecular complexity index is 1320. The van der Waals surface area contributed by atoms with Crippen LogP contribution < -0.4 is 15.9 Å². The first-order valence-corrected chi connectivity index (χ1v) is 12.6. The number of anilines is 1. The summed E-state index contributed by atoms with van der Waals surface area (Å²) in [5.74, 6) is 0.960. The van der Waals surface area contributed by atoms with E-state index in [0.717, 1.165) is 31.0 Å². The molecule has 0 saturated heterocycles. The fourth-order valence-corrected chi connectivity index (χ4v) is 5.65. The summed E-state index contributed by atoms with van der Waals surface area (Å²) in [6.45, 7) is 6.44. The van der Waals surface area contributed by atoms with E-state index >= 15 is 0 Å². The van der Waals surface area contributed by atoms with Crippen molar-refractivity contribution in [2.24, 2.45) is 10.9 Å². The van der Waals surface area contributed by atoms with Crippen LogP contribution in [-0.2, 0) is 6.54 Å². The lowest BCUT2D eigenvalue weighted by molar-refractivity contribution is 0.0940. The summed E-state index contributed by atoms with van der Waals surface area (Å²) >= 11 is 7.13. The SMILES string of the molecule is CC(C)C1=NCCCN1c1ccc(-n2c(O)c3n(c2=O)CC[C@H]3NC(=O)c2ccc(Cl)s2)cc1. The number of carbonyl (C=O) groups excluding carboxylic acids is 1. The minimum Gasteiger partial charge on any atom is -0.493 e. The Balaban J connectivity index is 1.42. The molecule has 0 saturated carbocycles. The summed E-state index contributed by atoms with van der Waals surface area (Å²) in [4.78, 5) is 33.1. The Morgan fingerprint density at radius 2 is 1.91 bits per heavy atom. The van der Waals surface area contributed by atoms with E-state index < -0.39 is 6.04 Å². The van der Waals surface area contributed by atoms with Gasteiger partial charge in [0.05, 0.1) is 20.9 Å². The molecule has 2 N–H and O–H groups in total. The van der Waals surface area contributed by atoms with Gasteiger partial charge in [0.15, 0.2) is 0 Å². The molecule has 1 aromatic carbocycles. The lowest BCUT2D eigenvalue weighted by Gasteiger charge is -2.31. The molecule has 2 aliphatic heterocycles. The minimum atomic E-state index is -0.459. The molecule has 8 nitrogen and oxygen atoms in total. The molecule has 0 aliphatic carbocycles. The van der Waals surface area contributed by atoms with Crippen LogP contribution in [0.2, 0.25) is 4.34 Å². The van der Waals surface area contributed by atoms with Gasteiger partial charge in [0.2, 0.25) is 5.88 Å². The zero-order valence-electron chi connectivity index (χ0n) is 19.0. The molecule has 0 spiro atoms. The number of amidine groups is 1. The molecule has 0 unspecified atom stereocenters. The van der Waals surface area contributed by atoms with Crippen molar-refractivity contribution in [3.8, 4) is 11.6 Å². The fraction of sp³-hybridized carbons (Fsp3) is 0.375. The maximum atomic E-state index is 13.1. The highest BCUT2D eigenvalue weighted by atomic mass is 35.5. The first kappa shape index (κ1) is 22.7. The first-order chi connectivity index (χ1) is 16.3. The molecular formula is C24H26ClN5O3S. The highest BCUT2D eigenvalue weighted by molar-refractivity contribution is 7.18. The van der Waals surface area contributed by atoms with E-state index in [-0.39, 0.29) is 17.5 Å². The van der Waals surface area contributed by atoms with Gasteiger partial charge in [-0.3, -0.25) is 14.4 Å². The van der Waals surface area contributed by atoms with Crippen LogP contribution in [0.25, 0.3) is 5.69 Å².